The first-order chi connectivity index (χ1) is 9.24. The fourth-order valence-electron chi connectivity index (χ4n) is 2.33. The van der Waals surface area contributed by atoms with Crippen molar-refractivity contribution in [3.05, 3.63) is 34.9 Å². The summed E-state index contributed by atoms with van der Waals surface area (Å²) in [4.78, 5) is 12.2. The van der Waals surface area contributed by atoms with E-state index >= 15 is 0 Å². The Labute approximate surface area is 114 Å². The number of terminal acetylenes is 1. The number of benzene rings is 1. The highest BCUT2D eigenvalue weighted by Crippen LogP contribution is 2.16. The van der Waals surface area contributed by atoms with Crippen molar-refractivity contribution in [2.24, 2.45) is 0 Å². The van der Waals surface area contributed by atoms with E-state index in [2.05, 4.69) is 22.6 Å². The average Bonchev–Trinajstić information content (AvgIpc) is 2.46. The summed E-state index contributed by atoms with van der Waals surface area (Å²) in [5.74, 6) is 2.57. The van der Waals surface area contributed by atoms with E-state index in [9.17, 15) is 4.79 Å². The molecule has 1 heterocycles. The normalized spacial score (nSPS) is 15.2. The van der Waals surface area contributed by atoms with E-state index < -0.39 is 0 Å². The predicted octanol–water partition coefficient (Wildman–Crippen LogP) is 1.86. The van der Waals surface area contributed by atoms with Crippen LogP contribution in [-0.4, -0.2) is 18.5 Å². The molecule has 100 valence electrons. The third-order valence-corrected chi connectivity index (χ3v) is 3.55. The molecule has 2 rings (SSSR count). The zero-order chi connectivity index (χ0) is 13.7. The fraction of sp³-hybridized carbons (Fsp3) is 0.438. The lowest BCUT2D eigenvalue weighted by atomic mass is 9.98. The molecule has 0 aromatic heterocycles. The van der Waals surface area contributed by atoms with Gasteiger partial charge in [-0.05, 0) is 42.6 Å². The van der Waals surface area contributed by atoms with Crippen LogP contribution in [0.25, 0.3) is 0 Å². The van der Waals surface area contributed by atoms with Crippen LogP contribution in [0.1, 0.15) is 41.3 Å². The molecule has 3 nitrogen and oxygen atoms in total. The summed E-state index contributed by atoms with van der Waals surface area (Å²) in [6.07, 6.45) is 7.76. The summed E-state index contributed by atoms with van der Waals surface area (Å²) in [7, 11) is 0. The van der Waals surface area contributed by atoms with Crippen LogP contribution < -0.4 is 10.6 Å². The van der Waals surface area contributed by atoms with E-state index in [1.54, 1.807) is 0 Å². The molecule has 0 fully saturated rings. The van der Waals surface area contributed by atoms with Gasteiger partial charge in [0.2, 0.25) is 0 Å². The van der Waals surface area contributed by atoms with Crippen LogP contribution in [0.5, 0.6) is 0 Å². The largest absolute Gasteiger partial charge is 0.348 e. The Morgan fingerprint density at radius 3 is 3.11 bits per heavy atom. The summed E-state index contributed by atoms with van der Waals surface area (Å²) in [5.41, 5.74) is 3.28. The van der Waals surface area contributed by atoms with E-state index in [0.29, 0.717) is 6.42 Å². The van der Waals surface area contributed by atoms with E-state index in [4.69, 9.17) is 6.42 Å². The van der Waals surface area contributed by atoms with Gasteiger partial charge >= 0.3 is 0 Å². The topological polar surface area (TPSA) is 41.1 Å². The molecule has 0 spiro atoms. The van der Waals surface area contributed by atoms with Crippen molar-refractivity contribution in [3.8, 4) is 12.3 Å². The lowest BCUT2D eigenvalue weighted by molar-refractivity contribution is 0.0936. The van der Waals surface area contributed by atoms with Gasteiger partial charge in [0, 0.05) is 24.6 Å². The second-order valence-corrected chi connectivity index (χ2v) is 4.90. The first-order valence-corrected chi connectivity index (χ1v) is 6.81. The quantitative estimate of drug-likeness (QED) is 0.807. The molecule has 3 heteroatoms. The molecule has 0 saturated heterocycles. The van der Waals surface area contributed by atoms with E-state index in [-0.39, 0.29) is 11.9 Å². The summed E-state index contributed by atoms with van der Waals surface area (Å²) in [5, 5.41) is 6.31. The van der Waals surface area contributed by atoms with Gasteiger partial charge in [-0.2, -0.15) is 0 Å². The minimum atomic E-state index is -0.0320. The highest BCUT2D eigenvalue weighted by Gasteiger charge is 2.14. The van der Waals surface area contributed by atoms with Crippen molar-refractivity contribution in [1.29, 1.82) is 0 Å². The van der Waals surface area contributed by atoms with Gasteiger partial charge in [-0.15, -0.1) is 12.3 Å². The SMILES string of the molecule is C#CCC(CC)NC(=O)c1ccc2c(c1)CNCC2. The summed E-state index contributed by atoms with van der Waals surface area (Å²) >= 11 is 0. The third kappa shape index (κ3) is 3.36. The van der Waals surface area contributed by atoms with Crippen molar-refractivity contribution < 1.29 is 4.79 Å². The lowest BCUT2D eigenvalue weighted by Crippen LogP contribution is -2.34. The maximum absolute atomic E-state index is 12.2. The van der Waals surface area contributed by atoms with Gasteiger partial charge in [0.15, 0.2) is 0 Å². The molecule has 0 bridgehead atoms. The van der Waals surface area contributed by atoms with Crippen LogP contribution in [0.4, 0.5) is 0 Å². The second-order valence-electron chi connectivity index (χ2n) is 4.90. The number of rotatable bonds is 4. The molecular formula is C16H20N2O. The van der Waals surface area contributed by atoms with Crippen molar-refractivity contribution in [3.63, 3.8) is 0 Å². The molecule has 2 N–H and O–H groups in total. The van der Waals surface area contributed by atoms with Gasteiger partial charge < -0.3 is 10.6 Å². The smallest absolute Gasteiger partial charge is 0.251 e. The van der Waals surface area contributed by atoms with Crippen molar-refractivity contribution in [1.82, 2.24) is 10.6 Å². The average molecular weight is 256 g/mol. The van der Waals surface area contributed by atoms with Gasteiger partial charge in [-0.25, -0.2) is 0 Å². The summed E-state index contributed by atoms with van der Waals surface area (Å²) < 4.78 is 0. The monoisotopic (exact) mass is 256 g/mol. The van der Waals surface area contributed by atoms with E-state index in [1.165, 1.54) is 11.1 Å². The van der Waals surface area contributed by atoms with Gasteiger partial charge in [0.1, 0.15) is 0 Å². The molecule has 1 aromatic rings. The maximum Gasteiger partial charge on any atom is 0.251 e. The molecule has 1 aromatic carbocycles. The zero-order valence-corrected chi connectivity index (χ0v) is 11.3. The number of carbonyl (C=O) groups is 1. The molecule has 1 amide bonds. The Balaban J connectivity index is 2.09. The lowest BCUT2D eigenvalue weighted by Gasteiger charge is -2.19. The summed E-state index contributed by atoms with van der Waals surface area (Å²) in [6.45, 7) is 3.88. The Morgan fingerprint density at radius 1 is 1.53 bits per heavy atom. The molecule has 1 unspecified atom stereocenters. The van der Waals surface area contributed by atoms with E-state index in [1.807, 2.05) is 19.1 Å². The molecule has 0 radical (unpaired) electrons. The predicted molar refractivity (Wildman–Crippen MR) is 76.8 cm³/mol. The van der Waals surface area contributed by atoms with Crippen molar-refractivity contribution >= 4 is 5.91 Å². The minimum absolute atomic E-state index is 0.0320. The molecule has 19 heavy (non-hydrogen) atoms. The number of hydrogen-bond acceptors (Lipinski definition) is 2. The highest BCUT2D eigenvalue weighted by molar-refractivity contribution is 5.94. The van der Waals surface area contributed by atoms with Crippen LogP contribution in [0, 0.1) is 12.3 Å². The number of nitrogens with one attached hydrogen (secondary N) is 2. The Morgan fingerprint density at radius 2 is 2.37 bits per heavy atom. The first-order valence-electron chi connectivity index (χ1n) is 6.81. The first kappa shape index (κ1) is 13.6. The number of carbonyl (C=O) groups excluding carboxylic acids is 1. The van der Waals surface area contributed by atoms with Crippen LogP contribution in [0.3, 0.4) is 0 Å². The maximum atomic E-state index is 12.2. The van der Waals surface area contributed by atoms with Crippen LogP contribution in [-0.2, 0) is 13.0 Å². The van der Waals surface area contributed by atoms with Crippen LogP contribution >= 0.6 is 0 Å². The zero-order valence-electron chi connectivity index (χ0n) is 11.3. The van der Waals surface area contributed by atoms with Crippen LogP contribution in [0.15, 0.2) is 18.2 Å². The van der Waals surface area contributed by atoms with Crippen molar-refractivity contribution in [2.45, 2.75) is 38.8 Å². The number of hydrogen-bond donors (Lipinski definition) is 2. The fourth-order valence-corrected chi connectivity index (χ4v) is 2.33. The number of fused-ring (bicyclic) bond motifs is 1. The Kier molecular flexibility index (Phi) is 4.59. The van der Waals surface area contributed by atoms with Crippen molar-refractivity contribution in [2.75, 3.05) is 6.54 Å². The van der Waals surface area contributed by atoms with Gasteiger partial charge in [-0.1, -0.05) is 13.0 Å². The number of amides is 1. The minimum Gasteiger partial charge on any atom is -0.348 e. The molecule has 0 saturated carbocycles. The third-order valence-electron chi connectivity index (χ3n) is 3.55. The van der Waals surface area contributed by atoms with Crippen LogP contribution in [0.2, 0.25) is 0 Å². The molecule has 1 atom stereocenters. The van der Waals surface area contributed by atoms with Gasteiger partial charge in [0.05, 0.1) is 0 Å². The Hall–Kier alpha value is -1.79. The standard InChI is InChI=1S/C16H20N2O/c1-3-5-15(4-2)18-16(19)13-7-6-12-8-9-17-11-14(12)10-13/h1,6-7,10,15,17H,4-5,8-9,11H2,2H3,(H,18,19). The highest BCUT2D eigenvalue weighted by atomic mass is 16.1. The Bertz CT molecular complexity index is 502. The van der Waals surface area contributed by atoms with E-state index in [0.717, 1.165) is 31.5 Å². The summed E-state index contributed by atoms with van der Waals surface area (Å²) in [6, 6.07) is 6.01. The van der Waals surface area contributed by atoms with Gasteiger partial charge in [-0.3, -0.25) is 4.79 Å². The molecule has 1 aliphatic heterocycles. The second kappa shape index (κ2) is 6.40. The molecule has 0 aliphatic carbocycles. The molecular weight excluding hydrogens is 236 g/mol. The molecule has 1 aliphatic rings. The van der Waals surface area contributed by atoms with Gasteiger partial charge in [0.25, 0.3) is 5.91 Å².